The zero-order valence-corrected chi connectivity index (χ0v) is 15.1. The molecule has 3 rings (SSSR count). The van der Waals surface area contributed by atoms with Crippen molar-refractivity contribution in [3.05, 3.63) is 35.9 Å². The summed E-state index contributed by atoms with van der Waals surface area (Å²) in [4.78, 5) is 26.6. The molecular weight excluding hydrogens is 320 g/mol. The maximum absolute atomic E-state index is 12.6. The number of fused-ring (bicyclic) bond motifs is 2. The topological polar surface area (TPSA) is 67.9 Å². The van der Waals surface area contributed by atoms with Crippen LogP contribution < -0.4 is 5.32 Å². The molecule has 2 fully saturated rings. The second-order valence-corrected chi connectivity index (χ2v) is 7.80. The van der Waals surface area contributed by atoms with Gasteiger partial charge in [-0.05, 0) is 52.0 Å². The largest absolute Gasteiger partial charge is 0.445 e. The van der Waals surface area contributed by atoms with Crippen LogP contribution in [0.2, 0.25) is 0 Å². The molecule has 0 atom stereocenters. The van der Waals surface area contributed by atoms with E-state index in [1.54, 1.807) is 4.90 Å². The fourth-order valence-electron chi connectivity index (χ4n) is 3.70. The number of benzene rings is 1. The summed E-state index contributed by atoms with van der Waals surface area (Å²) in [5, 5.41) is 2.93. The van der Waals surface area contributed by atoms with Crippen LogP contribution in [0.3, 0.4) is 0 Å². The third kappa shape index (κ3) is 3.89. The van der Waals surface area contributed by atoms with E-state index in [9.17, 15) is 9.59 Å². The van der Waals surface area contributed by atoms with Gasteiger partial charge in [0.15, 0.2) is 0 Å². The molecule has 2 aliphatic rings. The molecule has 25 heavy (non-hydrogen) atoms. The number of hydrogen-bond acceptors (Lipinski definition) is 4. The predicted molar refractivity (Wildman–Crippen MR) is 92.8 cm³/mol. The van der Waals surface area contributed by atoms with Crippen molar-refractivity contribution in [1.29, 1.82) is 0 Å². The first-order valence-electron chi connectivity index (χ1n) is 8.80. The summed E-state index contributed by atoms with van der Waals surface area (Å²) in [7, 11) is 0. The summed E-state index contributed by atoms with van der Waals surface area (Å²) < 4.78 is 10.9. The third-order valence-electron chi connectivity index (χ3n) is 4.75. The number of hydrogen-bond donors (Lipinski definition) is 1. The molecule has 0 radical (unpaired) electrons. The van der Waals surface area contributed by atoms with Gasteiger partial charge in [0.25, 0.3) is 0 Å². The van der Waals surface area contributed by atoms with E-state index >= 15 is 0 Å². The Kier molecular flexibility index (Phi) is 4.62. The Morgan fingerprint density at radius 1 is 1.20 bits per heavy atom. The summed E-state index contributed by atoms with van der Waals surface area (Å²) in [5.74, 6) is 0. The molecule has 2 bridgehead atoms. The van der Waals surface area contributed by atoms with E-state index in [2.05, 4.69) is 5.32 Å². The molecular formula is C19H26N2O4. The SMILES string of the molecule is CC(C)(C)OC(=O)N1C2CCC1(NC(=O)OCc1ccccc1)CC2. The third-order valence-corrected chi connectivity index (χ3v) is 4.75. The fourth-order valence-corrected chi connectivity index (χ4v) is 3.70. The van der Waals surface area contributed by atoms with Crippen molar-refractivity contribution in [3.8, 4) is 0 Å². The van der Waals surface area contributed by atoms with Gasteiger partial charge in [0.2, 0.25) is 0 Å². The summed E-state index contributed by atoms with van der Waals surface area (Å²) >= 11 is 0. The van der Waals surface area contributed by atoms with Crippen molar-refractivity contribution in [2.24, 2.45) is 0 Å². The van der Waals surface area contributed by atoms with Crippen molar-refractivity contribution < 1.29 is 19.1 Å². The van der Waals surface area contributed by atoms with Crippen molar-refractivity contribution in [2.75, 3.05) is 0 Å². The smallest absolute Gasteiger partial charge is 0.412 e. The van der Waals surface area contributed by atoms with Crippen LogP contribution >= 0.6 is 0 Å². The highest BCUT2D eigenvalue weighted by molar-refractivity contribution is 5.74. The van der Waals surface area contributed by atoms with E-state index in [1.807, 2.05) is 51.1 Å². The van der Waals surface area contributed by atoms with E-state index in [-0.39, 0.29) is 18.7 Å². The molecule has 1 aromatic carbocycles. The standard InChI is InChI=1S/C19H26N2O4/c1-18(2,3)25-17(23)21-15-9-11-19(21,12-10-15)20-16(22)24-13-14-7-5-4-6-8-14/h4-8,15H,9-13H2,1-3H3,(H,20,22). The summed E-state index contributed by atoms with van der Waals surface area (Å²) in [6, 6.07) is 9.65. The summed E-state index contributed by atoms with van der Waals surface area (Å²) in [6.45, 7) is 5.74. The Bertz CT molecular complexity index is 631. The first kappa shape index (κ1) is 17.6. The summed E-state index contributed by atoms with van der Waals surface area (Å²) in [6.07, 6.45) is 2.35. The Morgan fingerprint density at radius 3 is 2.44 bits per heavy atom. The highest BCUT2D eigenvalue weighted by Gasteiger charge is 2.56. The van der Waals surface area contributed by atoms with E-state index in [0.717, 1.165) is 31.2 Å². The molecule has 2 amide bonds. The number of amides is 2. The lowest BCUT2D eigenvalue weighted by Gasteiger charge is -2.36. The van der Waals surface area contributed by atoms with Crippen molar-refractivity contribution >= 4 is 12.2 Å². The van der Waals surface area contributed by atoms with Crippen LogP contribution in [0.4, 0.5) is 9.59 Å². The van der Waals surface area contributed by atoms with Gasteiger partial charge in [-0.15, -0.1) is 0 Å². The lowest BCUT2D eigenvalue weighted by atomic mass is 9.95. The summed E-state index contributed by atoms with van der Waals surface area (Å²) in [5.41, 5.74) is -0.315. The van der Waals surface area contributed by atoms with Gasteiger partial charge in [0.1, 0.15) is 17.9 Å². The molecule has 0 aromatic heterocycles. The minimum atomic E-state index is -0.680. The molecule has 2 aliphatic heterocycles. The van der Waals surface area contributed by atoms with Crippen LogP contribution in [0.25, 0.3) is 0 Å². The number of nitrogens with zero attached hydrogens (tertiary/aromatic N) is 1. The number of ether oxygens (including phenoxy) is 2. The number of nitrogens with one attached hydrogen (secondary N) is 1. The number of rotatable bonds is 3. The van der Waals surface area contributed by atoms with Gasteiger partial charge in [-0.25, -0.2) is 9.59 Å². The van der Waals surface area contributed by atoms with Gasteiger partial charge in [0.05, 0.1) is 0 Å². The Hall–Kier alpha value is -2.24. The van der Waals surface area contributed by atoms with Gasteiger partial charge in [-0.3, -0.25) is 10.2 Å². The molecule has 0 aliphatic carbocycles. The second-order valence-electron chi connectivity index (χ2n) is 7.80. The molecule has 6 nitrogen and oxygen atoms in total. The van der Waals surface area contributed by atoms with E-state index in [4.69, 9.17) is 9.47 Å². The normalized spacial score (nSPS) is 24.9. The second kappa shape index (κ2) is 6.58. The van der Waals surface area contributed by atoms with E-state index < -0.39 is 17.4 Å². The number of carbonyl (C=O) groups is 2. The molecule has 1 aromatic rings. The van der Waals surface area contributed by atoms with Crippen LogP contribution in [-0.4, -0.2) is 34.4 Å². The Balaban J connectivity index is 1.63. The van der Waals surface area contributed by atoms with Gasteiger partial charge in [0, 0.05) is 6.04 Å². The van der Waals surface area contributed by atoms with Crippen molar-refractivity contribution in [1.82, 2.24) is 10.2 Å². The highest BCUT2D eigenvalue weighted by atomic mass is 16.6. The number of alkyl carbamates (subject to hydrolysis) is 1. The van der Waals surface area contributed by atoms with Gasteiger partial charge < -0.3 is 9.47 Å². The van der Waals surface area contributed by atoms with Crippen LogP contribution in [-0.2, 0) is 16.1 Å². The quantitative estimate of drug-likeness (QED) is 0.904. The van der Waals surface area contributed by atoms with Crippen LogP contribution in [0.15, 0.2) is 30.3 Å². The molecule has 0 unspecified atom stereocenters. The van der Waals surface area contributed by atoms with Crippen LogP contribution in [0, 0.1) is 0 Å². The maximum Gasteiger partial charge on any atom is 0.412 e. The Labute approximate surface area is 148 Å². The van der Waals surface area contributed by atoms with Crippen LogP contribution in [0.1, 0.15) is 52.0 Å². The predicted octanol–water partition coefficient (Wildman–Crippen LogP) is 3.80. The number of carbonyl (C=O) groups excluding carboxylic acids is 2. The first-order chi connectivity index (χ1) is 11.8. The average Bonchev–Trinajstić information content (AvgIpc) is 3.07. The molecule has 136 valence electrons. The van der Waals surface area contributed by atoms with Gasteiger partial charge >= 0.3 is 12.2 Å². The average molecular weight is 346 g/mol. The molecule has 0 saturated carbocycles. The van der Waals surface area contributed by atoms with Crippen molar-refractivity contribution in [3.63, 3.8) is 0 Å². The maximum atomic E-state index is 12.6. The molecule has 2 saturated heterocycles. The Morgan fingerprint density at radius 2 is 1.84 bits per heavy atom. The van der Waals surface area contributed by atoms with Crippen molar-refractivity contribution in [2.45, 2.75) is 70.4 Å². The zero-order valence-electron chi connectivity index (χ0n) is 15.1. The van der Waals surface area contributed by atoms with Gasteiger partial charge in [-0.1, -0.05) is 30.3 Å². The lowest BCUT2D eigenvalue weighted by molar-refractivity contribution is 0.00357. The first-order valence-corrected chi connectivity index (χ1v) is 8.80. The lowest BCUT2D eigenvalue weighted by Crippen LogP contribution is -2.57. The van der Waals surface area contributed by atoms with Crippen LogP contribution in [0.5, 0.6) is 0 Å². The molecule has 6 heteroatoms. The minimum Gasteiger partial charge on any atom is -0.445 e. The molecule has 0 spiro atoms. The monoisotopic (exact) mass is 346 g/mol. The van der Waals surface area contributed by atoms with E-state index in [1.165, 1.54) is 0 Å². The highest BCUT2D eigenvalue weighted by Crippen LogP contribution is 2.45. The molecule has 2 heterocycles. The fraction of sp³-hybridized carbons (Fsp3) is 0.579. The van der Waals surface area contributed by atoms with E-state index in [0.29, 0.717) is 0 Å². The zero-order chi connectivity index (χ0) is 18.1. The minimum absolute atomic E-state index is 0.129. The molecule has 1 N–H and O–H groups in total. The van der Waals surface area contributed by atoms with Gasteiger partial charge in [-0.2, -0.15) is 0 Å².